The van der Waals surface area contributed by atoms with Gasteiger partial charge in [-0.1, -0.05) is 18.7 Å². The standard InChI is InChI=1S/C19H17F4N3O2/c1-3-12(20)9-10-16(25-11-15(24-4-2)19(21,22)23)26-17(27)13-7-5-6-8-14(13)18(26)28/h3,5-9,11,16H,1,4,10H2,2H3/b12-9+,24-15?,25-11?. The van der Waals surface area contributed by atoms with Crippen LogP contribution in [0.5, 0.6) is 0 Å². The summed E-state index contributed by atoms with van der Waals surface area (Å²) in [6, 6.07) is 5.96. The molecule has 0 fully saturated rings. The largest absolute Gasteiger partial charge is 0.434 e. The van der Waals surface area contributed by atoms with Crippen LogP contribution in [0.2, 0.25) is 0 Å². The Hall–Kier alpha value is -3.10. The first kappa shape index (κ1) is 21.2. The molecular formula is C19H17F4N3O2. The van der Waals surface area contributed by atoms with E-state index in [0.717, 1.165) is 12.2 Å². The minimum absolute atomic E-state index is 0.110. The van der Waals surface area contributed by atoms with E-state index >= 15 is 0 Å². The number of fused-ring (bicyclic) bond motifs is 1. The van der Waals surface area contributed by atoms with Gasteiger partial charge in [0.25, 0.3) is 11.8 Å². The molecule has 1 unspecified atom stereocenters. The van der Waals surface area contributed by atoms with Crippen LogP contribution < -0.4 is 0 Å². The van der Waals surface area contributed by atoms with Crippen molar-refractivity contribution in [1.29, 1.82) is 0 Å². The Balaban J connectivity index is 2.42. The van der Waals surface area contributed by atoms with Gasteiger partial charge in [-0.2, -0.15) is 13.2 Å². The molecule has 0 radical (unpaired) electrons. The lowest BCUT2D eigenvalue weighted by Crippen LogP contribution is -2.39. The van der Waals surface area contributed by atoms with Crippen LogP contribution in [0.3, 0.4) is 0 Å². The van der Waals surface area contributed by atoms with Gasteiger partial charge in [-0.25, -0.2) is 4.39 Å². The van der Waals surface area contributed by atoms with Crippen LogP contribution >= 0.6 is 0 Å². The van der Waals surface area contributed by atoms with Crippen LogP contribution in [0, 0.1) is 0 Å². The number of benzene rings is 1. The van der Waals surface area contributed by atoms with Gasteiger partial charge in [0.1, 0.15) is 12.0 Å². The molecule has 1 atom stereocenters. The van der Waals surface area contributed by atoms with Gasteiger partial charge in [0, 0.05) is 13.0 Å². The number of halogens is 4. The van der Waals surface area contributed by atoms with E-state index in [1.807, 2.05) is 0 Å². The zero-order valence-corrected chi connectivity index (χ0v) is 14.9. The Morgan fingerprint density at radius 2 is 1.79 bits per heavy atom. The Kier molecular flexibility index (Phi) is 6.61. The number of rotatable bonds is 7. The van der Waals surface area contributed by atoms with Gasteiger partial charge in [0.2, 0.25) is 0 Å². The van der Waals surface area contributed by atoms with Crippen molar-refractivity contribution >= 4 is 23.7 Å². The maximum absolute atomic E-state index is 13.4. The molecular weight excluding hydrogens is 378 g/mol. The highest BCUT2D eigenvalue weighted by Crippen LogP contribution is 2.27. The molecule has 2 rings (SSSR count). The number of imide groups is 1. The number of hydrogen-bond donors (Lipinski definition) is 0. The molecule has 0 saturated heterocycles. The Morgan fingerprint density at radius 3 is 2.25 bits per heavy atom. The van der Waals surface area contributed by atoms with Crippen LogP contribution in [0.25, 0.3) is 0 Å². The fraction of sp³-hybridized carbons (Fsp3) is 0.263. The minimum atomic E-state index is -4.76. The van der Waals surface area contributed by atoms with Gasteiger partial charge in [0.15, 0.2) is 5.71 Å². The third-order valence-corrected chi connectivity index (χ3v) is 3.83. The first-order valence-corrected chi connectivity index (χ1v) is 8.30. The Labute approximate surface area is 158 Å². The van der Waals surface area contributed by atoms with E-state index in [9.17, 15) is 27.2 Å². The van der Waals surface area contributed by atoms with E-state index < -0.39 is 35.7 Å². The molecule has 1 aliphatic rings. The second-order valence-corrected chi connectivity index (χ2v) is 5.67. The number of amides is 2. The van der Waals surface area contributed by atoms with Gasteiger partial charge >= 0.3 is 6.18 Å². The monoisotopic (exact) mass is 395 g/mol. The highest BCUT2D eigenvalue weighted by atomic mass is 19.4. The van der Waals surface area contributed by atoms with Crippen LogP contribution in [0.4, 0.5) is 17.6 Å². The minimum Gasteiger partial charge on any atom is -0.280 e. The molecule has 0 N–H and O–H groups in total. The SMILES string of the molecule is C=C/C(F)=C\CC(N=CC(=NCC)C(F)(F)F)N1C(=O)c2ccccc2C1=O. The second kappa shape index (κ2) is 8.73. The molecule has 0 aliphatic carbocycles. The molecule has 28 heavy (non-hydrogen) atoms. The fourth-order valence-corrected chi connectivity index (χ4v) is 2.54. The van der Waals surface area contributed by atoms with Crippen molar-refractivity contribution in [1.82, 2.24) is 4.90 Å². The first-order valence-electron chi connectivity index (χ1n) is 8.30. The predicted octanol–water partition coefficient (Wildman–Crippen LogP) is 4.13. The smallest absolute Gasteiger partial charge is 0.280 e. The number of aliphatic imine (C=N–C) groups is 2. The van der Waals surface area contributed by atoms with Gasteiger partial charge in [-0.15, -0.1) is 0 Å². The molecule has 1 heterocycles. The predicted molar refractivity (Wildman–Crippen MR) is 97.3 cm³/mol. The van der Waals surface area contributed by atoms with E-state index in [2.05, 4.69) is 16.6 Å². The lowest BCUT2D eigenvalue weighted by Gasteiger charge is -2.21. The van der Waals surface area contributed by atoms with Crippen molar-refractivity contribution in [3.63, 3.8) is 0 Å². The average molecular weight is 395 g/mol. The lowest BCUT2D eigenvalue weighted by atomic mass is 10.1. The summed E-state index contributed by atoms with van der Waals surface area (Å²) in [5, 5.41) is 0. The summed E-state index contributed by atoms with van der Waals surface area (Å²) < 4.78 is 52.5. The average Bonchev–Trinajstić information content (AvgIpc) is 2.91. The van der Waals surface area contributed by atoms with E-state index in [1.54, 1.807) is 12.1 Å². The molecule has 148 valence electrons. The summed E-state index contributed by atoms with van der Waals surface area (Å²) in [4.78, 5) is 32.9. The van der Waals surface area contributed by atoms with Crippen molar-refractivity contribution in [2.75, 3.05) is 6.54 Å². The third kappa shape index (κ3) is 4.59. The number of alkyl halides is 3. The van der Waals surface area contributed by atoms with Gasteiger partial charge in [-0.05, 0) is 31.2 Å². The summed E-state index contributed by atoms with van der Waals surface area (Å²) in [6.45, 7) is 4.52. The van der Waals surface area contributed by atoms with Crippen molar-refractivity contribution < 1.29 is 27.2 Å². The van der Waals surface area contributed by atoms with Crippen LogP contribution in [0.1, 0.15) is 34.1 Å². The van der Waals surface area contributed by atoms with Gasteiger partial charge in [0.05, 0.1) is 17.3 Å². The van der Waals surface area contributed by atoms with Crippen LogP contribution in [-0.2, 0) is 0 Å². The summed E-state index contributed by atoms with van der Waals surface area (Å²) in [5.74, 6) is -2.18. The topological polar surface area (TPSA) is 62.1 Å². The third-order valence-electron chi connectivity index (χ3n) is 3.83. The van der Waals surface area contributed by atoms with Gasteiger partial charge in [-0.3, -0.25) is 24.5 Å². The molecule has 0 bridgehead atoms. The first-order chi connectivity index (χ1) is 13.2. The number of carbonyl (C=O) groups excluding carboxylic acids is 2. The summed E-state index contributed by atoms with van der Waals surface area (Å²) in [5.41, 5.74) is -1.04. The van der Waals surface area contributed by atoms with Gasteiger partial charge < -0.3 is 0 Å². The van der Waals surface area contributed by atoms with Crippen LogP contribution in [-0.4, -0.2) is 47.5 Å². The van der Waals surface area contributed by atoms with E-state index in [-0.39, 0.29) is 24.1 Å². The molecule has 1 aromatic carbocycles. The fourth-order valence-electron chi connectivity index (χ4n) is 2.54. The van der Waals surface area contributed by atoms with E-state index in [4.69, 9.17) is 0 Å². The number of nitrogens with zero attached hydrogens (tertiary/aromatic N) is 3. The summed E-state index contributed by atoms with van der Waals surface area (Å²) in [6.07, 6.45) is -4.11. The molecule has 5 nitrogen and oxygen atoms in total. The maximum atomic E-state index is 13.4. The van der Waals surface area contributed by atoms with Crippen molar-refractivity contribution in [2.24, 2.45) is 9.98 Å². The molecule has 1 aliphatic heterocycles. The molecule has 0 saturated carbocycles. The van der Waals surface area contributed by atoms with Crippen molar-refractivity contribution in [3.8, 4) is 0 Å². The zero-order chi connectivity index (χ0) is 20.9. The van der Waals surface area contributed by atoms with Crippen LogP contribution in [0.15, 0.2) is 58.8 Å². The van der Waals surface area contributed by atoms with E-state index in [1.165, 1.54) is 19.1 Å². The Bertz CT molecular complexity index is 837. The van der Waals surface area contributed by atoms with Crippen molar-refractivity contribution in [2.45, 2.75) is 25.7 Å². The summed E-state index contributed by atoms with van der Waals surface area (Å²) >= 11 is 0. The van der Waals surface area contributed by atoms with Crippen molar-refractivity contribution in [3.05, 3.63) is 60.0 Å². The molecule has 2 amide bonds. The normalized spacial score (nSPS) is 16.7. The molecule has 9 heteroatoms. The zero-order valence-electron chi connectivity index (χ0n) is 14.9. The number of allylic oxidation sites excluding steroid dienone is 2. The lowest BCUT2D eigenvalue weighted by molar-refractivity contribution is -0.0566. The Morgan fingerprint density at radius 1 is 1.21 bits per heavy atom. The highest BCUT2D eigenvalue weighted by molar-refractivity contribution is 6.33. The molecule has 0 spiro atoms. The quantitative estimate of drug-likeness (QED) is 0.302. The number of hydrogen-bond acceptors (Lipinski definition) is 4. The summed E-state index contributed by atoms with van der Waals surface area (Å²) in [7, 11) is 0. The second-order valence-electron chi connectivity index (χ2n) is 5.67. The highest BCUT2D eigenvalue weighted by Gasteiger charge is 2.40. The van der Waals surface area contributed by atoms with E-state index in [0.29, 0.717) is 11.1 Å². The molecule has 1 aromatic rings. The molecule has 0 aromatic heterocycles. The maximum Gasteiger partial charge on any atom is 0.434 e. The number of carbonyl (C=O) groups is 2.